The minimum absolute atomic E-state index is 0.613. The van der Waals surface area contributed by atoms with Gasteiger partial charge in [0.15, 0.2) is 0 Å². The zero-order valence-electron chi connectivity index (χ0n) is 6.72. The van der Waals surface area contributed by atoms with Crippen LogP contribution in [0.3, 0.4) is 0 Å². The Labute approximate surface area is 83.7 Å². The molecular weight excluding hydrogens is 238 g/mol. The molecule has 1 aromatic rings. The molecule has 0 spiro atoms. The largest absolute Gasteiger partial charge is 0.382 e. The van der Waals surface area contributed by atoms with Crippen molar-refractivity contribution in [2.75, 3.05) is 13.1 Å². The predicted octanol–water partition coefficient (Wildman–Crippen LogP) is 1.61. The first-order valence-electron chi connectivity index (χ1n) is 3.81. The number of hydrogen-bond donors (Lipinski definition) is 2. The van der Waals surface area contributed by atoms with Gasteiger partial charge >= 0.3 is 0 Å². The Hall–Kier alpha value is 0.1000. The Bertz CT molecular complexity index is 306. The van der Waals surface area contributed by atoms with Crippen molar-refractivity contribution >= 4 is 27.3 Å². The van der Waals surface area contributed by atoms with Crippen molar-refractivity contribution < 1.29 is 5.11 Å². The van der Waals surface area contributed by atoms with Crippen LogP contribution < -0.4 is 5.32 Å². The lowest BCUT2D eigenvalue weighted by molar-refractivity contribution is -0.0118. The molecule has 0 aromatic carbocycles. The lowest BCUT2D eigenvalue weighted by Crippen LogP contribution is -2.56. The van der Waals surface area contributed by atoms with Crippen LogP contribution >= 0.6 is 27.3 Å². The number of halogens is 1. The highest BCUT2D eigenvalue weighted by atomic mass is 79.9. The van der Waals surface area contributed by atoms with Gasteiger partial charge in [-0.2, -0.15) is 0 Å². The van der Waals surface area contributed by atoms with Crippen molar-refractivity contribution in [3.05, 3.63) is 20.3 Å². The van der Waals surface area contributed by atoms with Gasteiger partial charge in [-0.1, -0.05) is 0 Å². The molecule has 1 aliphatic rings. The maximum absolute atomic E-state index is 9.99. The molecule has 1 aromatic heterocycles. The highest BCUT2D eigenvalue weighted by molar-refractivity contribution is 9.10. The molecule has 0 unspecified atom stereocenters. The van der Waals surface area contributed by atoms with E-state index in [2.05, 4.69) is 27.3 Å². The van der Waals surface area contributed by atoms with Crippen LogP contribution in [0.15, 0.2) is 10.5 Å². The molecule has 1 saturated heterocycles. The Balaban J connectivity index is 2.38. The summed E-state index contributed by atoms with van der Waals surface area (Å²) in [6, 6.07) is 2.05. The quantitative estimate of drug-likeness (QED) is 0.791. The van der Waals surface area contributed by atoms with Gasteiger partial charge in [-0.3, -0.25) is 0 Å². The van der Waals surface area contributed by atoms with Crippen molar-refractivity contribution in [1.82, 2.24) is 5.32 Å². The fourth-order valence-electron chi connectivity index (χ4n) is 1.32. The van der Waals surface area contributed by atoms with E-state index in [4.69, 9.17) is 0 Å². The van der Waals surface area contributed by atoms with Gasteiger partial charge in [0.2, 0.25) is 0 Å². The molecule has 66 valence electrons. The van der Waals surface area contributed by atoms with E-state index in [1.807, 2.05) is 6.92 Å². The average Bonchev–Trinajstić information content (AvgIpc) is 2.25. The minimum atomic E-state index is -0.613. The van der Waals surface area contributed by atoms with Crippen molar-refractivity contribution in [1.29, 1.82) is 0 Å². The predicted molar refractivity (Wildman–Crippen MR) is 53.5 cm³/mol. The van der Waals surface area contributed by atoms with Crippen LogP contribution in [0.2, 0.25) is 0 Å². The van der Waals surface area contributed by atoms with Gasteiger partial charge in [0.1, 0.15) is 5.60 Å². The molecule has 2 N–H and O–H groups in total. The summed E-state index contributed by atoms with van der Waals surface area (Å²) in [5.74, 6) is 0. The second-order valence-electron chi connectivity index (χ2n) is 3.17. The van der Waals surface area contributed by atoms with Crippen LogP contribution in [0.25, 0.3) is 0 Å². The Kier molecular flexibility index (Phi) is 2.03. The zero-order valence-corrected chi connectivity index (χ0v) is 9.13. The fraction of sp³-hybridized carbons (Fsp3) is 0.500. The standard InChI is InChI=1S/C8H10BrNOS/c1-5-2-6(9)7(12-5)8(11)3-10-4-8/h2,10-11H,3-4H2,1H3. The molecule has 12 heavy (non-hydrogen) atoms. The lowest BCUT2D eigenvalue weighted by Gasteiger charge is -2.37. The minimum Gasteiger partial charge on any atom is -0.382 e. The van der Waals surface area contributed by atoms with E-state index in [9.17, 15) is 5.11 Å². The van der Waals surface area contributed by atoms with Gasteiger partial charge in [0.05, 0.1) is 4.88 Å². The number of aliphatic hydroxyl groups is 1. The first-order chi connectivity index (χ1) is 5.62. The topological polar surface area (TPSA) is 32.3 Å². The molecule has 2 rings (SSSR count). The average molecular weight is 248 g/mol. The van der Waals surface area contributed by atoms with E-state index in [1.165, 1.54) is 4.88 Å². The Morgan fingerprint density at radius 3 is 2.67 bits per heavy atom. The van der Waals surface area contributed by atoms with E-state index in [0.717, 1.165) is 9.35 Å². The first kappa shape index (κ1) is 8.69. The summed E-state index contributed by atoms with van der Waals surface area (Å²) >= 11 is 5.11. The molecule has 0 radical (unpaired) electrons. The van der Waals surface area contributed by atoms with Crippen LogP contribution in [0.4, 0.5) is 0 Å². The van der Waals surface area contributed by atoms with Crippen molar-refractivity contribution in [3.8, 4) is 0 Å². The number of nitrogens with one attached hydrogen (secondary N) is 1. The van der Waals surface area contributed by atoms with E-state index < -0.39 is 5.60 Å². The molecule has 0 bridgehead atoms. The Morgan fingerprint density at radius 1 is 1.67 bits per heavy atom. The van der Waals surface area contributed by atoms with Crippen LogP contribution in [0.5, 0.6) is 0 Å². The lowest BCUT2D eigenvalue weighted by atomic mass is 9.95. The summed E-state index contributed by atoms with van der Waals surface area (Å²) in [6.45, 7) is 3.39. The highest BCUT2D eigenvalue weighted by Crippen LogP contribution is 2.37. The maximum atomic E-state index is 9.99. The van der Waals surface area contributed by atoms with Crippen LogP contribution in [0.1, 0.15) is 9.75 Å². The van der Waals surface area contributed by atoms with Crippen molar-refractivity contribution in [2.45, 2.75) is 12.5 Å². The highest BCUT2D eigenvalue weighted by Gasteiger charge is 2.39. The normalized spacial score (nSPS) is 20.6. The number of hydrogen-bond acceptors (Lipinski definition) is 3. The molecule has 0 saturated carbocycles. The summed E-state index contributed by atoms with van der Waals surface area (Å²) < 4.78 is 1.04. The van der Waals surface area contributed by atoms with Crippen LogP contribution in [0, 0.1) is 6.92 Å². The van der Waals surface area contributed by atoms with Gasteiger partial charge in [-0.15, -0.1) is 11.3 Å². The zero-order chi connectivity index (χ0) is 8.77. The summed E-state index contributed by atoms with van der Waals surface area (Å²) in [7, 11) is 0. The van der Waals surface area contributed by atoms with Gasteiger partial charge in [-0.25, -0.2) is 0 Å². The molecular formula is C8H10BrNOS. The number of thiophene rings is 1. The second kappa shape index (κ2) is 2.80. The van der Waals surface area contributed by atoms with E-state index in [0.29, 0.717) is 13.1 Å². The smallest absolute Gasteiger partial charge is 0.125 e. The SMILES string of the molecule is Cc1cc(Br)c(C2(O)CNC2)s1. The summed E-state index contributed by atoms with van der Waals surface area (Å²) in [5.41, 5.74) is -0.613. The van der Waals surface area contributed by atoms with Crippen LogP contribution in [-0.4, -0.2) is 18.2 Å². The molecule has 1 fully saturated rings. The van der Waals surface area contributed by atoms with Gasteiger partial charge in [0.25, 0.3) is 0 Å². The number of rotatable bonds is 1. The van der Waals surface area contributed by atoms with Crippen molar-refractivity contribution in [3.63, 3.8) is 0 Å². The second-order valence-corrected chi connectivity index (χ2v) is 5.28. The first-order valence-corrected chi connectivity index (χ1v) is 5.42. The third-order valence-electron chi connectivity index (χ3n) is 2.07. The number of β-amino-alcohol motifs (C(OH)–C–C–N with tert-alkyl or cyclic N) is 1. The summed E-state index contributed by atoms with van der Waals surface area (Å²) in [4.78, 5) is 2.29. The molecule has 0 aliphatic carbocycles. The van der Waals surface area contributed by atoms with Gasteiger partial charge in [0, 0.05) is 22.4 Å². The van der Waals surface area contributed by atoms with Crippen LogP contribution in [-0.2, 0) is 5.60 Å². The summed E-state index contributed by atoms with van der Waals surface area (Å²) in [5, 5.41) is 13.1. The van der Waals surface area contributed by atoms with Gasteiger partial charge < -0.3 is 10.4 Å². The van der Waals surface area contributed by atoms with Crippen molar-refractivity contribution in [2.24, 2.45) is 0 Å². The molecule has 2 heterocycles. The maximum Gasteiger partial charge on any atom is 0.125 e. The molecule has 2 nitrogen and oxygen atoms in total. The molecule has 1 aliphatic heterocycles. The third kappa shape index (κ3) is 1.23. The molecule has 0 atom stereocenters. The number of aryl methyl sites for hydroxylation is 1. The monoisotopic (exact) mass is 247 g/mol. The summed E-state index contributed by atoms with van der Waals surface area (Å²) in [6.07, 6.45) is 0. The molecule has 4 heteroatoms. The van der Waals surface area contributed by atoms with E-state index in [-0.39, 0.29) is 0 Å². The van der Waals surface area contributed by atoms with Gasteiger partial charge in [-0.05, 0) is 28.9 Å². The molecule has 0 amide bonds. The fourth-order valence-corrected chi connectivity index (χ4v) is 3.42. The Morgan fingerprint density at radius 2 is 2.33 bits per heavy atom. The van der Waals surface area contributed by atoms with E-state index in [1.54, 1.807) is 11.3 Å². The van der Waals surface area contributed by atoms with E-state index >= 15 is 0 Å². The third-order valence-corrected chi connectivity index (χ3v) is 4.20.